The highest BCUT2D eigenvalue weighted by atomic mass is 28.4. The Morgan fingerprint density at radius 3 is 1.74 bits per heavy atom. The van der Waals surface area contributed by atoms with Gasteiger partial charge in [-0.15, -0.1) is 0 Å². The van der Waals surface area contributed by atoms with Gasteiger partial charge in [-0.05, 0) is 21.0 Å². The van der Waals surface area contributed by atoms with Crippen LogP contribution in [-0.4, -0.2) is 43.4 Å². The first-order chi connectivity index (χ1) is 16.3. The summed E-state index contributed by atoms with van der Waals surface area (Å²) >= 11 is 0. The molecule has 2 unspecified atom stereocenters. The van der Waals surface area contributed by atoms with Gasteiger partial charge in [0.25, 0.3) is 8.32 Å². The number of hydrogen-bond donors (Lipinski definition) is 2. The van der Waals surface area contributed by atoms with Crippen molar-refractivity contribution in [3.63, 3.8) is 0 Å². The van der Waals surface area contributed by atoms with Crippen LogP contribution in [0.2, 0.25) is 5.04 Å². The number of rotatable bonds is 6. The number of benzene rings is 3. The molecule has 1 saturated heterocycles. The Morgan fingerprint density at radius 1 is 0.824 bits per heavy atom. The molecule has 3 aromatic rings. The van der Waals surface area contributed by atoms with E-state index in [9.17, 15) is 10.2 Å². The van der Waals surface area contributed by atoms with E-state index in [2.05, 4.69) is 69.3 Å². The topological polar surface area (TPSA) is 58.9 Å². The zero-order chi connectivity index (χ0) is 24.3. The van der Waals surface area contributed by atoms with E-state index >= 15 is 0 Å². The number of aliphatic hydroxyl groups is 2. The average molecular weight is 477 g/mol. The first kappa shape index (κ1) is 24.8. The summed E-state index contributed by atoms with van der Waals surface area (Å²) in [6, 6.07) is 30.8. The van der Waals surface area contributed by atoms with Crippen molar-refractivity contribution in [1.82, 2.24) is 0 Å². The minimum atomic E-state index is -2.92. The van der Waals surface area contributed by atoms with Crippen molar-refractivity contribution in [2.75, 3.05) is 6.61 Å². The predicted molar refractivity (Wildman–Crippen MR) is 139 cm³/mol. The smallest absolute Gasteiger partial charge is 0.261 e. The second kappa shape index (κ2) is 10.1. The normalized spacial score (nSPS) is 25.8. The highest BCUT2D eigenvalue weighted by Gasteiger charge is 2.55. The summed E-state index contributed by atoms with van der Waals surface area (Å²) in [5.41, 5.74) is 0.940. The van der Waals surface area contributed by atoms with Crippen molar-refractivity contribution in [1.29, 1.82) is 0 Å². The van der Waals surface area contributed by atoms with Crippen molar-refractivity contribution in [3.8, 4) is 0 Å². The third kappa shape index (κ3) is 4.51. The summed E-state index contributed by atoms with van der Waals surface area (Å²) in [4.78, 5) is 0. The van der Waals surface area contributed by atoms with Gasteiger partial charge in [-0.1, -0.05) is 119 Å². The van der Waals surface area contributed by atoms with Crippen LogP contribution in [0.3, 0.4) is 0 Å². The summed E-state index contributed by atoms with van der Waals surface area (Å²) in [7, 11) is -2.92. The van der Waals surface area contributed by atoms with Gasteiger partial charge >= 0.3 is 0 Å². The molecule has 0 amide bonds. The summed E-state index contributed by atoms with van der Waals surface area (Å²) in [5.74, 6) is -0.270. The molecule has 34 heavy (non-hydrogen) atoms. The maximum absolute atomic E-state index is 11.6. The Bertz CT molecular complexity index is 996. The molecule has 0 bridgehead atoms. The molecular formula is C29H36O4Si. The van der Waals surface area contributed by atoms with Gasteiger partial charge < -0.3 is 19.4 Å². The summed E-state index contributed by atoms with van der Waals surface area (Å²) < 4.78 is 13.8. The standard InChI is InChI=1S/C29H36O4Si/c1-21-25(20-30)32-27(22-14-8-5-9-15-22)28(26(21)31)33-34(29(2,3)4,23-16-10-6-11-17-23)24-18-12-7-13-19-24/h5-19,21,25-28,30-31H,20H2,1-4H3/t21?,25-,26+,27+,28?/m1/s1. The molecule has 0 aliphatic carbocycles. The molecule has 3 aromatic carbocycles. The minimum Gasteiger partial charge on any atom is -0.399 e. The molecule has 5 atom stereocenters. The minimum absolute atomic E-state index is 0.145. The van der Waals surface area contributed by atoms with Gasteiger partial charge in [0.15, 0.2) is 0 Å². The average Bonchev–Trinajstić information content (AvgIpc) is 2.86. The maximum atomic E-state index is 11.6. The lowest BCUT2D eigenvalue weighted by atomic mass is 9.86. The molecular weight excluding hydrogens is 440 g/mol. The number of ether oxygens (including phenoxy) is 1. The summed E-state index contributed by atoms with van der Waals surface area (Å²) in [5, 5.41) is 23.7. The molecule has 5 heteroatoms. The van der Waals surface area contributed by atoms with Gasteiger partial charge in [0, 0.05) is 5.92 Å². The molecule has 4 rings (SSSR count). The molecule has 1 aliphatic rings. The van der Waals surface area contributed by atoms with Crippen LogP contribution in [-0.2, 0) is 9.16 Å². The van der Waals surface area contributed by atoms with E-state index in [-0.39, 0.29) is 17.6 Å². The van der Waals surface area contributed by atoms with Crippen molar-refractivity contribution >= 4 is 18.7 Å². The second-order valence-electron chi connectivity index (χ2n) is 10.3. The zero-order valence-electron chi connectivity index (χ0n) is 20.5. The highest BCUT2D eigenvalue weighted by Crippen LogP contribution is 2.43. The molecule has 1 aliphatic heterocycles. The predicted octanol–water partition coefficient (Wildman–Crippen LogP) is 4.06. The Labute approximate surface area is 204 Å². The van der Waals surface area contributed by atoms with Gasteiger partial charge in [-0.3, -0.25) is 0 Å². The van der Waals surface area contributed by atoms with Crippen LogP contribution in [0.1, 0.15) is 39.4 Å². The van der Waals surface area contributed by atoms with Crippen molar-refractivity contribution in [3.05, 3.63) is 96.6 Å². The fourth-order valence-corrected chi connectivity index (χ4v) is 9.92. The third-order valence-corrected chi connectivity index (χ3v) is 12.2. The SMILES string of the molecule is CC1[C@H](O)C(O[Si](c2ccccc2)(c2ccccc2)C(C)(C)C)[C@H](c2ccccc2)O[C@@H]1CO. The van der Waals surface area contributed by atoms with Crippen molar-refractivity contribution in [2.24, 2.45) is 5.92 Å². The van der Waals surface area contributed by atoms with Gasteiger partial charge in [-0.25, -0.2) is 0 Å². The van der Waals surface area contributed by atoms with Gasteiger partial charge in [0.2, 0.25) is 0 Å². The van der Waals surface area contributed by atoms with E-state index in [0.717, 1.165) is 15.9 Å². The van der Waals surface area contributed by atoms with Crippen molar-refractivity contribution in [2.45, 2.75) is 57.1 Å². The quantitative estimate of drug-likeness (QED) is 0.527. The van der Waals surface area contributed by atoms with E-state index in [0.29, 0.717) is 0 Å². The lowest BCUT2D eigenvalue weighted by Crippen LogP contribution is -2.70. The zero-order valence-corrected chi connectivity index (χ0v) is 21.5. The van der Waals surface area contributed by atoms with Gasteiger partial charge in [-0.2, -0.15) is 0 Å². The summed E-state index contributed by atoms with van der Waals surface area (Å²) in [6.45, 7) is 8.47. The molecule has 0 spiro atoms. The van der Waals surface area contributed by atoms with Crippen molar-refractivity contribution < 1.29 is 19.4 Å². The molecule has 0 radical (unpaired) electrons. The Kier molecular flexibility index (Phi) is 7.41. The Balaban J connectivity index is 1.90. The van der Waals surface area contributed by atoms with Crippen LogP contribution in [0.25, 0.3) is 0 Å². The fourth-order valence-electron chi connectivity index (χ4n) is 5.24. The van der Waals surface area contributed by atoms with E-state index in [1.807, 2.05) is 49.4 Å². The molecule has 1 fully saturated rings. The van der Waals surface area contributed by atoms with Crippen LogP contribution < -0.4 is 10.4 Å². The lowest BCUT2D eigenvalue weighted by molar-refractivity contribution is -0.201. The highest BCUT2D eigenvalue weighted by molar-refractivity contribution is 6.99. The van der Waals surface area contributed by atoms with Crippen LogP contribution in [0.15, 0.2) is 91.0 Å². The first-order valence-electron chi connectivity index (χ1n) is 12.1. The van der Waals surface area contributed by atoms with Crippen LogP contribution in [0.4, 0.5) is 0 Å². The van der Waals surface area contributed by atoms with E-state index in [4.69, 9.17) is 9.16 Å². The number of aliphatic hydroxyl groups excluding tert-OH is 2. The van der Waals surface area contributed by atoms with E-state index in [1.54, 1.807) is 0 Å². The second-order valence-corrected chi connectivity index (χ2v) is 14.5. The lowest BCUT2D eigenvalue weighted by Gasteiger charge is -2.50. The molecule has 4 nitrogen and oxygen atoms in total. The molecule has 180 valence electrons. The third-order valence-electron chi connectivity index (χ3n) is 7.12. The molecule has 1 heterocycles. The van der Waals surface area contributed by atoms with Crippen LogP contribution >= 0.6 is 0 Å². The van der Waals surface area contributed by atoms with Crippen LogP contribution in [0, 0.1) is 5.92 Å². The Morgan fingerprint density at radius 2 is 1.29 bits per heavy atom. The first-order valence-corrected chi connectivity index (χ1v) is 14.0. The molecule has 0 aromatic heterocycles. The molecule has 0 saturated carbocycles. The maximum Gasteiger partial charge on any atom is 0.261 e. The van der Waals surface area contributed by atoms with Crippen LogP contribution in [0.5, 0.6) is 0 Å². The Hall–Kier alpha value is -2.28. The molecule has 2 N–H and O–H groups in total. The largest absolute Gasteiger partial charge is 0.399 e. The van der Waals surface area contributed by atoms with Gasteiger partial charge in [0.1, 0.15) is 12.2 Å². The van der Waals surface area contributed by atoms with E-state index < -0.39 is 32.7 Å². The summed E-state index contributed by atoms with van der Waals surface area (Å²) in [6.07, 6.45) is -2.34. The monoisotopic (exact) mass is 476 g/mol. The fraction of sp³-hybridized carbons (Fsp3) is 0.379. The number of hydrogen-bond acceptors (Lipinski definition) is 4. The van der Waals surface area contributed by atoms with E-state index in [1.165, 1.54) is 0 Å². The van der Waals surface area contributed by atoms with Gasteiger partial charge in [0.05, 0.1) is 18.8 Å².